The molecule has 1 aromatic rings. The maximum atomic E-state index is 12.5. The Balaban J connectivity index is 1.80. The largest absolute Gasteiger partial charge is 0.495 e. The highest BCUT2D eigenvalue weighted by molar-refractivity contribution is 9.09. The van der Waals surface area contributed by atoms with Gasteiger partial charge < -0.3 is 19.3 Å². The molecule has 1 amide bonds. The summed E-state index contributed by atoms with van der Waals surface area (Å²) in [5.41, 5.74) is 2.00. The standard InChI is InChI=1S/C17H23BrN2O3/c1-22-16-12-14(20-7-5-13(4-6-18)17(20)21)2-3-15(16)19-8-10-23-11-9-19/h2-3,12-13H,4-11H2,1H3. The molecule has 1 aromatic carbocycles. The Morgan fingerprint density at radius 1 is 1.30 bits per heavy atom. The predicted octanol–water partition coefficient (Wildman–Crippen LogP) is 2.67. The molecule has 1 atom stereocenters. The van der Waals surface area contributed by atoms with Crippen molar-refractivity contribution in [3.63, 3.8) is 0 Å². The number of amides is 1. The van der Waals surface area contributed by atoms with Crippen molar-refractivity contribution in [2.24, 2.45) is 5.92 Å². The van der Waals surface area contributed by atoms with Crippen LogP contribution < -0.4 is 14.5 Å². The van der Waals surface area contributed by atoms with E-state index in [1.807, 2.05) is 17.0 Å². The topological polar surface area (TPSA) is 42.0 Å². The summed E-state index contributed by atoms with van der Waals surface area (Å²) in [6, 6.07) is 6.07. The molecule has 126 valence electrons. The summed E-state index contributed by atoms with van der Waals surface area (Å²) in [5, 5.41) is 0.872. The van der Waals surface area contributed by atoms with Crippen molar-refractivity contribution in [2.75, 3.05) is 55.1 Å². The molecule has 0 radical (unpaired) electrons. The van der Waals surface area contributed by atoms with Crippen LogP contribution in [0.1, 0.15) is 12.8 Å². The Hall–Kier alpha value is -1.27. The van der Waals surface area contributed by atoms with Gasteiger partial charge in [0.15, 0.2) is 0 Å². The smallest absolute Gasteiger partial charge is 0.230 e. The van der Waals surface area contributed by atoms with Crippen LogP contribution in [0.5, 0.6) is 5.75 Å². The average Bonchev–Trinajstić information content (AvgIpc) is 2.96. The highest BCUT2D eigenvalue weighted by Crippen LogP contribution is 2.35. The second-order valence-electron chi connectivity index (χ2n) is 5.91. The molecule has 2 saturated heterocycles. The van der Waals surface area contributed by atoms with Gasteiger partial charge in [0.25, 0.3) is 0 Å². The van der Waals surface area contributed by atoms with Gasteiger partial charge in [-0.1, -0.05) is 15.9 Å². The summed E-state index contributed by atoms with van der Waals surface area (Å²) in [5.74, 6) is 1.19. The number of morpholine rings is 1. The molecule has 0 bridgehead atoms. The number of nitrogens with zero attached hydrogens (tertiary/aromatic N) is 2. The Kier molecular flexibility index (Phi) is 5.43. The van der Waals surface area contributed by atoms with Gasteiger partial charge in [0.1, 0.15) is 5.75 Å². The van der Waals surface area contributed by atoms with Crippen molar-refractivity contribution in [1.29, 1.82) is 0 Å². The predicted molar refractivity (Wildman–Crippen MR) is 94.9 cm³/mol. The molecule has 3 rings (SSSR count). The highest BCUT2D eigenvalue weighted by atomic mass is 79.9. The van der Waals surface area contributed by atoms with Crippen LogP contribution in [0.2, 0.25) is 0 Å². The van der Waals surface area contributed by atoms with E-state index in [-0.39, 0.29) is 11.8 Å². The number of alkyl halides is 1. The molecule has 0 saturated carbocycles. The van der Waals surface area contributed by atoms with Gasteiger partial charge in [-0.2, -0.15) is 0 Å². The number of carbonyl (C=O) groups excluding carboxylic acids is 1. The van der Waals surface area contributed by atoms with Crippen molar-refractivity contribution in [3.8, 4) is 5.75 Å². The van der Waals surface area contributed by atoms with E-state index in [0.717, 1.165) is 68.1 Å². The summed E-state index contributed by atoms with van der Waals surface area (Å²) in [4.78, 5) is 16.7. The fraction of sp³-hybridized carbons (Fsp3) is 0.588. The Bertz CT molecular complexity index is 561. The molecule has 2 heterocycles. The fourth-order valence-electron chi connectivity index (χ4n) is 3.29. The second-order valence-corrected chi connectivity index (χ2v) is 6.70. The third kappa shape index (κ3) is 3.48. The quantitative estimate of drug-likeness (QED) is 0.734. The van der Waals surface area contributed by atoms with Gasteiger partial charge in [-0.15, -0.1) is 0 Å². The van der Waals surface area contributed by atoms with Crippen LogP contribution in [0.15, 0.2) is 18.2 Å². The van der Waals surface area contributed by atoms with E-state index >= 15 is 0 Å². The molecule has 0 N–H and O–H groups in total. The SMILES string of the molecule is COc1cc(N2CCC(CCBr)C2=O)ccc1N1CCOCC1. The van der Waals surface area contributed by atoms with E-state index in [1.165, 1.54) is 0 Å². The number of ether oxygens (including phenoxy) is 2. The molecule has 1 unspecified atom stereocenters. The summed E-state index contributed by atoms with van der Waals surface area (Å²) in [6.07, 6.45) is 1.83. The minimum Gasteiger partial charge on any atom is -0.495 e. The number of methoxy groups -OCH3 is 1. The molecule has 0 spiro atoms. The molecule has 2 aliphatic rings. The van der Waals surface area contributed by atoms with Crippen LogP contribution in [0.25, 0.3) is 0 Å². The number of hydrogen-bond acceptors (Lipinski definition) is 4. The molecule has 0 aliphatic carbocycles. The lowest BCUT2D eigenvalue weighted by atomic mass is 10.1. The van der Waals surface area contributed by atoms with Crippen molar-refractivity contribution in [3.05, 3.63) is 18.2 Å². The first kappa shape index (κ1) is 16.6. The van der Waals surface area contributed by atoms with Gasteiger partial charge in [-0.3, -0.25) is 4.79 Å². The van der Waals surface area contributed by atoms with Gasteiger partial charge in [-0.05, 0) is 25.0 Å². The summed E-state index contributed by atoms with van der Waals surface area (Å²) in [6.45, 7) is 4.00. The number of benzene rings is 1. The maximum Gasteiger partial charge on any atom is 0.230 e. The Labute approximate surface area is 145 Å². The van der Waals surface area contributed by atoms with Crippen molar-refractivity contribution in [2.45, 2.75) is 12.8 Å². The lowest BCUT2D eigenvalue weighted by molar-refractivity contribution is -0.120. The zero-order valence-corrected chi connectivity index (χ0v) is 15.0. The third-order valence-corrected chi connectivity index (χ3v) is 5.06. The first-order chi connectivity index (χ1) is 11.2. The van der Waals surface area contributed by atoms with Gasteiger partial charge in [0.2, 0.25) is 5.91 Å². The number of carbonyl (C=O) groups is 1. The lowest BCUT2D eigenvalue weighted by Crippen LogP contribution is -2.36. The first-order valence-corrected chi connectivity index (χ1v) is 9.25. The second kappa shape index (κ2) is 7.53. The number of anilines is 2. The monoisotopic (exact) mass is 382 g/mol. The van der Waals surface area contributed by atoms with Crippen LogP contribution in [-0.2, 0) is 9.53 Å². The summed E-state index contributed by atoms with van der Waals surface area (Å²) < 4.78 is 11.0. The van der Waals surface area contributed by atoms with Crippen molar-refractivity contribution >= 4 is 33.2 Å². The van der Waals surface area contributed by atoms with Gasteiger partial charge in [0.05, 0.1) is 26.0 Å². The maximum absolute atomic E-state index is 12.5. The van der Waals surface area contributed by atoms with E-state index < -0.39 is 0 Å². The minimum absolute atomic E-state index is 0.138. The Morgan fingerprint density at radius 3 is 2.78 bits per heavy atom. The van der Waals surface area contributed by atoms with E-state index in [2.05, 4.69) is 26.9 Å². The molecule has 23 heavy (non-hydrogen) atoms. The van der Waals surface area contributed by atoms with Gasteiger partial charge >= 0.3 is 0 Å². The zero-order chi connectivity index (χ0) is 16.2. The van der Waals surface area contributed by atoms with E-state index in [0.29, 0.717) is 0 Å². The van der Waals surface area contributed by atoms with Gasteiger partial charge in [-0.25, -0.2) is 0 Å². The van der Waals surface area contributed by atoms with E-state index in [9.17, 15) is 4.79 Å². The fourth-order valence-corrected chi connectivity index (χ4v) is 3.85. The molecular formula is C17H23BrN2O3. The molecule has 2 aliphatic heterocycles. The van der Waals surface area contributed by atoms with Crippen molar-refractivity contribution < 1.29 is 14.3 Å². The number of halogens is 1. The third-order valence-electron chi connectivity index (χ3n) is 4.60. The van der Waals surface area contributed by atoms with E-state index in [4.69, 9.17) is 9.47 Å². The number of hydrogen-bond donors (Lipinski definition) is 0. The van der Waals surface area contributed by atoms with Crippen LogP contribution in [0, 0.1) is 5.92 Å². The minimum atomic E-state index is 0.138. The van der Waals surface area contributed by atoms with Gasteiger partial charge in [0, 0.05) is 42.6 Å². The normalized spacial score (nSPS) is 21.8. The zero-order valence-electron chi connectivity index (χ0n) is 13.5. The molecule has 5 nitrogen and oxygen atoms in total. The summed E-state index contributed by atoms with van der Waals surface area (Å²) in [7, 11) is 1.68. The Morgan fingerprint density at radius 2 is 2.09 bits per heavy atom. The van der Waals surface area contributed by atoms with Crippen LogP contribution >= 0.6 is 15.9 Å². The molecule has 0 aromatic heterocycles. The molecule has 2 fully saturated rings. The average molecular weight is 383 g/mol. The van der Waals surface area contributed by atoms with Crippen LogP contribution in [0.3, 0.4) is 0 Å². The first-order valence-electron chi connectivity index (χ1n) is 8.12. The highest BCUT2D eigenvalue weighted by Gasteiger charge is 2.32. The lowest BCUT2D eigenvalue weighted by Gasteiger charge is -2.30. The number of rotatable bonds is 5. The molecule has 6 heteroatoms. The van der Waals surface area contributed by atoms with Crippen molar-refractivity contribution in [1.82, 2.24) is 0 Å². The van der Waals surface area contributed by atoms with Crippen LogP contribution in [-0.4, -0.2) is 51.2 Å². The van der Waals surface area contributed by atoms with Crippen LogP contribution in [0.4, 0.5) is 11.4 Å². The summed E-state index contributed by atoms with van der Waals surface area (Å²) >= 11 is 3.43. The van der Waals surface area contributed by atoms with E-state index in [1.54, 1.807) is 7.11 Å². The molecular weight excluding hydrogens is 360 g/mol.